The molecule has 3 amide bonds. The molecule has 2 N–H and O–H groups in total. The molecule has 0 unspecified atom stereocenters. The van der Waals surface area contributed by atoms with Crippen molar-refractivity contribution in [3.8, 4) is 0 Å². The third-order valence-electron chi connectivity index (χ3n) is 3.82. The lowest BCUT2D eigenvalue weighted by Crippen LogP contribution is -2.38. The lowest BCUT2D eigenvalue weighted by atomic mass is 10.1. The highest BCUT2D eigenvalue weighted by molar-refractivity contribution is 7.10. The van der Waals surface area contributed by atoms with Gasteiger partial charge in [-0.05, 0) is 35.6 Å². The van der Waals surface area contributed by atoms with Crippen molar-refractivity contribution in [1.29, 1.82) is 0 Å². The van der Waals surface area contributed by atoms with E-state index in [9.17, 15) is 9.59 Å². The van der Waals surface area contributed by atoms with E-state index < -0.39 is 0 Å². The summed E-state index contributed by atoms with van der Waals surface area (Å²) in [5, 5.41) is 7.53. The summed E-state index contributed by atoms with van der Waals surface area (Å²) in [7, 11) is 0. The molecule has 0 saturated carbocycles. The van der Waals surface area contributed by atoms with Gasteiger partial charge in [-0.25, -0.2) is 4.79 Å². The Bertz CT molecular complexity index is 684. The van der Waals surface area contributed by atoms with Crippen LogP contribution in [0.3, 0.4) is 0 Å². The first-order valence-corrected chi connectivity index (χ1v) is 8.53. The van der Waals surface area contributed by atoms with Crippen LogP contribution in [-0.4, -0.2) is 29.9 Å². The number of nitrogens with zero attached hydrogens (tertiary/aromatic N) is 1. The zero-order valence-electron chi connectivity index (χ0n) is 12.7. The fourth-order valence-electron chi connectivity index (χ4n) is 2.60. The van der Waals surface area contributed by atoms with Crippen LogP contribution in [0.1, 0.15) is 16.9 Å². The molecule has 120 valence electrons. The molecule has 6 heteroatoms. The second kappa shape index (κ2) is 7.28. The summed E-state index contributed by atoms with van der Waals surface area (Å²) >= 11 is 1.76. The topological polar surface area (TPSA) is 61.4 Å². The van der Waals surface area contributed by atoms with Gasteiger partial charge in [0.25, 0.3) is 0 Å². The van der Waals surface area contributed by atoms with E-state index in [1.165, 1.54) is 10.4 Å². The van der Waals surface area contributed by atoms with Crippen molar-refractivity contribution in [2.24, 2.45) is 0 Å². The summed E-state index contributed by atoms with van der Waals surface area (Å²) in [5.74, 6) is 0.0851. The molecule has 1 aromatic carbocycles. The molecule has 23 heavy (non-hydrogen) atoms. The van der Waals surface area contributed by atoms with E-state index in [4.69, 9.17) is 0 Å². The van der Waals surface area contributed by atoms with Gasteiger partial charge in [0.15, 0.2) is 0 Å². The van der Waals surface area contributed by atoms with E-state index in [2.05, 4.69) is 22.1 Å². The monoisotopic (exact) mass is 329 g/mol. The van der Waals surface area contributed by atoms with Gasteiger partial charge in [0.1, 0.15) is 0 Å². The number of carbonyl (C=O) groups is 2. The van der Waals surface area contributed by atoms with Gasteiger partial charge < -0.3 is 15.5 Å². The van der Waals surface area contributed by atoms with E-state index in [1.807, 2.05) is 35.2 Å². The smallest absolute Gasteiger partial charge is 0.319 e. The van der Waals surface area contributed by atoms with E-state index in [0.717, 1.165) is 18.7 Å². The van der Waals surface area contributed by atoms with Gasteiger partial charge in [-0.3, -0.25) is 4.79 Å². The number of amides is 3. The van der Waals surface area contributed by atoms with Crippen molar-refractivity contribution in [3.63, 3.8) is 0 Å². The maximum Gasteiger partial charge on any atom is 0.319 e. The lowest BCUT2D eigenvalue weighted by Gasteiger charge is -2.27. The number of benzene rings is 1. The van der Waals surface area contributed by atoms with Crippen molar-refractivity contribution in [2.75, 3.05) is 18.4 Å². The minimum Gasteiger partial charge on any atom is -0.338 e. The number of fused-ring (bicyclic) bond motifs is 1. The molecule has 3 rings (SSSR count). The molecule has 0 fully saturated rings. The number of thiophene rings is 1. The lowest BCUT2D eigenvalue weighted by molar-refractivity contribution is -0.131. The van der Waals surface area contributed by atoms with Crippen LogP contribution in [0.15, 0.2) is 41.8 Å². The fraction of sp³-hybridized carbons (Fsp3) is 0.294. The summed E-state index contributed by atoms with van der Waals surface area (Å²) in [4.78, 5) is 27.2. The molecule has 0 aliphatic carbocycles. The minimum absolute atomic E-state index is 0.0851. The van der Waals surface area contributed by atoms with Gasteiger partial charge in [0.05, 0.1) is 0 Å². The molecule has 0 radical (unpaired) electrons. The Morgan fingerprint density at radius 3 is 2.83 bits per heavy atom. The molecule has 5 nitrogen and oxygen atoms in total. The average molecular weight is 329 g/mol. The first kappa shape index (κ1) is 15.6. The van der Waals surface area contributed by atoms with E-state index >= 15 is 0 Å². The summed E-state index contributed by atoms with van der Waals surface area (Å²) in [6.45, 7) is 1.79. The standard InChI is InChI=1S/C17H19N3O2S/c21-16(20-10-7-15-13(12-20)8-11-23-15)6-9-18-17(22)19-14-4-2-1-3-5-14/h1-5,8,11H,6-7,9-10,12H2,(H2,18,19,22). The van der Waals surface area contributed by atoms with Gasteiger partial charge in [-0.15, -0.1) is 11.3 Å². The number of nitrogens with one attached hydrogen (secondary N) is 2. The summed E-state index contributed by atoms with van der Waals surface area (Å²) in [5.41, 5.74) is 1.99. The molecule has 0 spiro atoms. The predicted octanol–water partition coefficient (Wildman–Crippen LogP) is 2.84. The number of para-hydroxylation sites is 1. The van der Waals surface area contributed by atoms with Crippen LogP contribution in [0.2, 0.25) is 0 Å². The third-order valence-corrected chi connectivity index (χ3v) is 4.84. The first-order chi connectivity index (χ1) is 11.2. The first-order valence-electron chi connectivity index (χ1n) is 7.65. The van der Waals surface area contributed by atoms with Crippen LogP contribution < -0.4 is 10.6 Å². The van der Waals surface area contributed by atoms with Crippen molar-refractivity contribution >= 4 is 29.0 Å². The van der Waals surface area contributed by atoms with Crippen LogP contribution in [0.25, 0.3) is 0 Å². The maximum atomic E-state index is 12.2. The van der Waals surface area contributed by atoms with E-state index in [-0.39, 0.29) is 11.9 Å². The van der Waals surface area contributed by atoms with Gasteiger partial charge >= 0.3 is 6.03 Å². The third kappa shape index (κ3) is 4.10. The quantitative estimate of drug-likeness (QED) is 0.906. The number of hydrogen-bond donors (Lipinski definition) is 2. The van der Waals surface area contributed by atoms with Crippen LogP contribution in [0.4, 0.5) is 10.5 Å². The van der Waals surface area contributed by atoms with Crippen molar-refractivity contribution < 1.29 is 9.59 Å². The van der Waals surface area contributed by atoms with Crippen LogP contribution in [-0.2, 0) is 17.8 Å². The highest BCUT2D eigenvalue weighted by atomic mass is 32.1. The second-order valence-corrected chi connectivity index (χ2v) is 6.43. The maximum absolute atomic E-state index is 12.2. The Hall–Kier alpha value is -2.34. The SMILES string of the molecule is O=C(NCCC(=O)N1CCc2sccc2C1)Nc1ccccc1. The minimum atomic E-state index is -0.289. The Morgan fingerprint density at radius 2 is 2.00 bits per heavy atom. The number of anilines is 1. The average Bonchev–Trinajstić information content (AvgIpc) is 3.03. The molecule has 2 aromatic rings. The number of carbonyl (C=O) groups excluding carboxylic acids is 2. The molecule has 1 aliphatic rings. The molecule has 1 aromatic heterocycles. The molecular formula is C17H19N3O2S. The Morgan fingerprint density at radius 1 is 1.17 bits per heavy atom. The van der Waals surface area contributed by atoms with Crippen molar-refractivity contribution in [1.82, 2.24) is 10.2 Å². The summed E-state index contributed by atoms with van der Waals surface area (Å²) in [6, 6.07) is 11.0. The Labute approximate surface area is 139 Å². The van der Waals surface area contributed by atoms with Crippen LogP contribution >= 0.6 is 11.3 Å². The second-order valence-electron chi connectivity index (χ2n) is 5.43. The molecular weight excluding hydrogens is 310 g/mol. The molecule has 2 heterocycles. The number of hydrogen-bond acceptors (Lipinski definition) is 3. The molecule has 0 atom stereocenters. The van der Waals surface area contributed by atoms with Gasteiger partial charge in [0, 0.05) is 36.6 Å². The Balaban J connectivity index is 1.40. The fourth-order valence-corrected chi connectivity index (χ4v) is 3.49. The van der Waals surface area contributed by atoms with Crippen molar-refractivity contribution in [3.05, 3.63) is 52.2 Å². The predicted molar refractivity (Wildman–Crippen MR) is 91.5 cm³/mol. The van der Waals surface area contributed by atoms with E-state index in [0.29, 0.717) is 19.5 Å². The number of rotatable bonds is 4. The van der Waals surface area contributed by atoms with Gasteiger partial charge in [-0.1, -0.05) is 18.2 Å². The van der Waals surface area contributed by atoms with Gasteiger partial charge in [-0.2, -0.15) is 0 Å². The van der Waals surface area contributed by atoms with Crippen LogP contribution in [0.5, 0.6) is 0 Å². The highest BCUT2D eigenvalue weighted by Gasteiger charge is 2.21. The molecule has 0 saturated heterocycles. The van der Waals surface area contributed by atoms with Gasteiger partial charge in [0.2, 0.25) is 5.91 Å². The summed E-state index contributed by atoms with van der Waals surface area (Å²) < 4.78 is 0. The zero-order valence-corrected chi connectivity index (χ0v) is 13.6. The van der Waals surface area contributed by atoms with E-state index in [1.54, 1.807) is 11.3 Å². The summed E-state index contributed by atoms with van der Waals surface area (Å²) in [6.07, 6.45) is 1.25. The van der Waals surface area contributed by atoms with Crippen molar-refractivity contribution in [2.45, 2.75) is 19.4 Å². The molecule has 0 bridgehead atoms. The number of urea groups is 1. The largest absolute Gasteiger partial charge is 0.338 e. The normalized spacial score (nSPS) is 13.3. The molecule has 1 aliphatic heterocycles. The highest BCUT2D eigenvalue weighted by Crippen LogP contribution is 2.24. The Kier molecular flexibility index (Phi) is 4.92. The van der Waals surface area contributed by atoms with Crippen LogP contribution in [0, 0.1) is 0 Å². The zero-order chi connectivity index (χ0) is 16.1.